The lowest BCUT2D eigenvalue weighted by Crippen LogP contribution is -2.54. The Hall–Kier alpha value is -3.24. The van der Waals surface area contributed by atoms with Gasteiger partial charge in [-0.1, -0.05) is 24.1 Å². The molecule has 0 radical (unpaired) electrons. The van der Waals surface area contributed by atoms with E-state index in [-0.39, 0.29) is 11.6 Å². The fourth-order valence-electron chi connectivity index (χ4n) is 3.50. The number of rotatable bonds is 10. The Balaban J connectivity index is 1.83. The number of nitrogens with one attached hydrogen (secondary N) is 1. The minimum absolute atomic E-state index is 0.0294. The van der Waals surface area contributed by atoms with E-state index in [4.69, 9.17) is 36.4 Å². The van der Waals surface area contributed by atoms with Crippen LogP contribution in [0.1, 0.15) is 27.0 Å². The highest BCUT2D eigenvalue weighted by Gasteiger charge is 2.55. The van der Waals surface area contributed by atoms with Crippen molar-refractivity contribution in [2.24, 2.45) is 5.73 Å². The summed E-state index contributed by atoms with van der Waals surface area (Å²) in [6, 6.07) is 8.36. The van der Waals surface area contributed by atoms with Crippen LogP contribution >= 0.6 is 7.75 Å². The number of esters is 1. The minimum atomic E-state index is -4.26. The molecular formula is C23H30N5O8P. The Bertz CT molecular complexity index is 1250. The van der Waals surface area contributed by atoms with Gasteiger partial charge < -0.3 is 30.6 Å². The van der Waals surface area contributed by atoms with Crippen LogP contribution in [0.25, 0.3) is 0 Å². The van der Waals surface area contributed by atoms with Gasteiger partial charge in [-0.15, -0.1) is 6.42 Å². The second kappa shape index (κ2) is 11.4. The van der Waals surface area contributed by atoms with Crippen molar-refractivity contribution in [1.82, 2.24) is 14.6 Å². The fourth-order valence-corrected chi connectivity index (χ4v) is 5.00. The number of terminal acetylenes is 1. The van der Waals surface area contributed by atoms with Gasteiger partial charge in [-0.2, -0.15) is 10.1 Å². The summed E-state index contributed by atoms with van der Waals surface area (Å²) in [6.45, 7) is 4.22. The zero-order valence-electron chi connectivity index (χ0n) is 20.5. The summed E-state index contributed by atoms with van der Waals surface area (Å²) in [5, 5.41) is 13.4. The summed E-state index contributed by atoms with van der Waals surface area (Å²) in [5.41, 5.74) is 9.10. The van der Waals surface area contributed by atoms with Gasteiger partial charge >= 0.3 is 19.4 Å². The molecule has 1 aliphatic heterocycles. The maximum absolute atomic E-state index is 13.7. The van der Waals surface area contributed by atoms with Crippen LogP contribution in [0.4, 0.5) is 5.82 Å². The molecule has 1 aliphatic rings. The Morgan fingerprint density at radius 3 is 2.62 bits per heavy atom. The predicted octanol–water partition coefficient (Wildman–Crippen LogP) is 0.548. The number of anilines is 1. The molecule has 1 aromatic heterocycles. The zero-order valence-corrected chi connectivity index (χ0v) is 21.4. The van der Waals surface area contributed by atoms with Crippen molar-refractivity contribution in [2.45, 2.75) is 56.9 Å². The largest absolute Gasteiger partial charge is 0.462 e. The Morgan fingerprint density at radius 2 is 2.03 bits per heavy atom. The lowest BCUT2D eigenvalue weighted by Gasteiger charge is -2.27. The quantitative estimate of drug-likeness (QED) is 0.188. The number of carbonyl (C=O) groups excluding carboxylic acids is 1. The molecule has 13 nitrogen and oxygen atoms in total. The summed E-state index contributed by atoms with van der Waals surface area (Å²) < 4.78 is 36.7. The highest BCUT2D eigenvalue weighted by molar-refractivity contribution is 7.52. The van der Waals surface area contributed by atoms with Gasteiger partial charge in [-0.05, 0) is 39.0 Å². The van der Waals surface area contributed by atoms with Crippen molar-refractivity contribution in [3.8, 4) is 18.1 Å². The molecule has 1 aromatic carbocycles. The van der Waals surface area contributed by atoms with Gasteiger partial charge in [0.05, 0.1) is 12.7 Å². The normalized spacial score (nSPS) is 25.7. The third-order valence-electron chi connectivity index (χ3n) is 5.34. The van der Waals surface area contributed by atoms with Crippen LogP contribution < -0.4 is 26.8 Å². The van der Waals surface area contributed by atoms with Gasteiger partial charge in [0.2, 0.25) is 0 Å². The molecular weight excluding hydrogens is 505 g/mol. The molecule has 0 spiro atoms. The highest BCUT2D eigenvalue weighted by Crippen LogP contribution is 2.46. The number of hydrogen-bond donors (Lipinski definition) is 4. The van der Waals surface area contributed by atoms with E-state index in [1.54, 1.807) is 32.0 Å². The zero-order chi connectivity index (χ0) is 27.4. The number of nitrogens with zero attached hydrogens (tertiary/aromatic N) is 2. The number of nitrogens with two attached hydrogens (primary N) is 2. The number of aliphatic hydroxyl groups is 1. The van der Waals surface area contributed by atoms with Crippen molar-refractivity contribution < 1.29 is 33.0 Å². The topological polar surface area (TPSA) is 190 Å². The van der Waals surface area contributed by atoms with E-state index in [1.165, 1.54) is 31.3 Å². The second-order valence-corrected chi connectivity index (χ2v) is 10.3. The molecule has 2 aromatic rings. The van der Waals surface area contributed by atoms with E-state index < -0.39 is 62.1 Å². The van der Waals surface area contributed by atoms with Crippen molar-refractivity contribution >= 4 is 19.5 Å². The molecule has 3 rings (SSSR count). The first kappa shape index (κ1) is 28.3. The number of ether oxygens (including phenoxy) is 2. The van der Waals surface area contributed by atoms with Crippen LogP contribution in [0.3, 0.4) is 0 Å². The molecule has 1 saturated heterocycles. The molecule has 6 atom stereocenters. The average molecular weight is 535 g/mol. The van der Waals surface area contributed by atoms with E-state index in [9.17, 15) is 19.3 Å². The number of aliphatic hydroxyl groups excluding tert-OH is 1. The molecule has 2 unspecified atom stereocenters. The summed E-state index contributed by atoms with van der Waals surface area (Å²) in [7, 11) is -4.26. The van der Waals surface area contributed by atoms with Gasteiger partial charge in [0.1, 0.15) is 29.8 Å². The van der Waals surface area contributed by atoms with E-state index in [0.717, 1.165) is 4.57 Å². The van der Waals surface area contributed by atoms with E-state index in [0.29, 0.717) is 0 Å². The number of hydrogen-bond acceptors (Lipinski definition) is 11. The molecule has 14 heteroatoms. The van der Waals surface area contributed by atoms with Gasteiger partial charge in [0.25, 0.3) is 0 Å². The average Bonchev–Trinajstić information content (AvgIpc) is 3.08. The summed E-state index contributed by atoms with van der Waals surface area (Å²) in [4.78, 5) is 28.3. The van der Waals surface area contributed by atoms with Crippen molar-refractivity contribution in [3.63, 3.8) is 0 Å². The standard InChI is InChI=1S/C23H30N5O8P/c1-5-23(25)19(29)17(35-21(23)28-12-11-18(24)26-22(28)31)13-33-37(32,36-16-9-7-6-8-10-16)27-15(4)20(30)34-14(2)3/h1,6-12,14-15,17,19,21,29H,13,25H2,2-4H3,(H,27,32)(H2,24,26,31)/t15-,17+,19?,21+,23+,37?/m0/s1. The molecule has 1 fully saturated rings. The fraction of sp³-hybridized carbons (Fsp3) is 0.435. The van der Waals surface area contributed by atoms with Crippen LogP contribution in [0.2, 0.25) is 0 Å². The molecule has 0 bridgehead atoms. The predicted molar refractivity (Wildman–Crippen MR) is 133 cm³/mol. The Morgan fingerprint density at radius 1 is 1.35 bits per heavy atom. The summed E-state index contributed by atoms with van der Waals surface area (Å²) >= 11 is 0. The third-order valence-corrected chi connectivity index (χ3v) is 6.99. The lowest BCUT2D eigenvalue weighted by atomic mass is 9.92. The Labute approximate surface area is 213 Å². The SMILES string of the molecule is C#C[C@@]1(N)C(O)[C@@H](COP(=O)(N[C@@H](C)C(=O)OC(C)C)Oc2ccccc2)O[C@H]1n1ccc(N)nc1=O. The van der Waals surface area contributed by atoms with Crippen molar-refractivity contribution in [3.05, 3.63) is 53.1 Å². The van der Waals surface area contributed by atoms with Gasteiger partial charge in [0.15, 0.2) is 11.8 Å². The minimum Gasteiger partial charge on any atom is -0.462 e. The number of benzene rings is 1. The first-order chi connectivity index (χ1) is 17.4. The lowest BCUT2D eigenvalue weighted by molar-refractivity contribution is -0.149. The number of aromatic nitrogens is 2. The Kier molecular flexibility index (Phi) is 8.76. The van der Waals surface area contributed by atoms with Crippen LogP contribution in [0, 0.1) is 12.3 Å². The van der Waals surface area contributed by atoms with Crippen LogP contribution in [-0.4, -0.2) is 57.1 Å². The molecule has 200 valence electrons. The van der Waals surface area contributed by atoms with E-state index >= 15 is 0 Å². The van der Waals surface area contributed by atoms with Gasteiger partial charge in [-0.3, -0.25) is 13.9 Å². The smallest absolute Gasteiger partial charge is 0.459 e. The van der Waals surface area contributed by atoms with Crippen LogP contribution in [0.5, 0.6) is 5.75 Å². The maximum atomic E-state index is 13.7. The van der Waals surface area contributed by atoms with Crippen LogP contribution in [-0.2, 0) is 23.4 Å². The monoisotopic (exact) mass is 535 g/mol. The third kappa shape index (κ3) is 6.56. The number of para-hydroxylation sites is 1. The maximum Gasteiger partial charge on any atom is 0.459 e. The van der Waals surface area contributed by atoms with Gasteiger partial charge in [0, 0.05) is 6.20 Å². The summed E-state index contributed by atoms with van der Waals surface area (Å²) in [5.74, 6) is 1.74. The first-order valence-electron chi connectivity index (χ1n) is 11.3. The van der Waals surface area contributed by atoms with E-state index in [2.05, 4.69) is 16.0 Å². The second-order valence-electron chi connectivity index (χ2n) is 8.63. The molecule has 6 N–H and O–H groups in total. The molecule has 37 heavy (non-hydrogen) atoms. The first-order valence-corrected chi connectivity index (χ1v) is 12.8. The van der Waals surface area contributed by atoms with Crippen molar-refractivity contribution in [1.29, 1.82) is 0 Å². The molecule has 0 amide bonds. The van der Waals surface area contributed by atoms with Crippen LogP contribution in [0.15, 0.2) is 47.4 Å². The molecule has 0 aliphatic carbocycles. The molecule has 2 heterocycles. The van der Waals surface area contributed by atoms with Gasteiger partial charge in [-0.25, -0.2) is 9.36 Å². The van der Waals surface area contributed by atoms with E-state index in [1.807, 2.05) is 0 Å². The molecule has 0 saturated carbocycles. The number of nitrogen functional groups attached to an aromatic ring is 1. The summed E-state index contributed by atoms with van der Waals surface area (Å²) in [6.07, 6.45) is 2.32. The highest BCUT2D eigenvalue weighted by atomic mass is 31.2. The number of carbonyl (C=O) groups is 1. The van der Waals surface area contributed by atoms with Crippen molar-refractivity contribution in [2.75, 3.05) is 12.3 Å².